The molecule has 0 aliphatic carbocycles. The van der Waals surface area contributed by atoms with Gasteiger partial charge in [-0.2, -0.15) is 0 Å². The van der Waals surface area contributed by atoms with Gasteiger partial charge in [0.15, 0.2) is 5.60 Å². The third kappa shape index (κ3) is 3.21. The molecule has 0 aromatic heterocycles. The van der Waals surface area contributed by atoms with Crippen LogP contribution in [0.4, 0.5) is 4.79 Å². The zero-order valence-electron chi connectivity index (χ0n) is 8.75. The third-order valence-electron chi connectivity index (χ3n) is 1.82. The summed E-state index contributed by atoms with van der Waals surface area (Å²) in [6.45, 7) is 1.50. The van der Waals surface area contributed by atoms with Crippen LogP contribution in [-0.2, 0) is 19.0 Å². The maximum atomic E-state index is 11.2. The lowest BCUT2D eigenvalue weighted by Crippen LogP contribution is -2.48. The van der Waals surface area contributed by atoms with E-state index >= 15 is 0 Å². The molecule has 0 unspecified atom stereocenters. The fraction of sp³-hybridized carbons (Fsp3) is 0.750. The number of amides is 1. The number of rotatable bonds is 4. The molecule has 0 heterocycles. The zero-order valence-corrected chi connectivity index (χ0v) is 8.75. The second-order valence-electron chi connectivity index (χ2n) is 2.77. The van der Waals surface area contributed by atoms with E-state index in [4.69, 9.17) is 4.74 Å². The number of esters is 1. The molecule has 1 atom stereocenters. The predicted octanol–water partition coefficient (Wildman–Crippen LogP) is -0.0795. The van der Waals surface area contributed by atoms with E-state index in [2.05, 4.69) is 14.8 Å². The quantitative estimate of drug-likeness (QED) is 0.650. The summed E-state index contributed by atoms with van der Waals surface area (Å²) in [5, 5.41) is 2.35. The van der Waals surface area contributed by atoms with Gasteiger partial charge in [0, 0.05) is 7.11 Å². The highest BCUT2D eigenvalue weighted by Gasteiger charge is 2.34. The van der Waals surface area contributed by atoms with Crippen LogP contribution in [0.2, 0.25) is 0 Å². The van der Waals surface area contributed by atoms with Crippen LogP contribution in [0.5, 0.6) is 0 Å². The Bertz CT molecular complexity index is 218. The number of hydrogen-bond donors (Lipinski definition) is 1. The van der Waals surface area contributed by atoms with E-state index in [1.54, 1.807) is 0 Å². The molecule has 1 N–H and O–H groups in total. The van der Waals surface area contributed by atoms with Gasteiger partial charge in [-0.25, -0.2) is 9.59 Å². The summed E-state index contributed by atoms with van der Waals surface area (Å²) in [6.07, 6.45) is -0.628. The fourth-order valence-corrected chi connectivity index (χ4v) is 0.757. The second-order valence-corrected chi connectivity index (χ2v) is 2.77. The number of hydrogen-bond acceptors (Lipinski definition) is 5. The normalized spacial score (nSPS) is 14.0. The minimum atomic E-state index is -1.19. The largest absolute Gasteiger partial charge is 0.467 e. The molecular weight excluding hydrogens is 190 g/mol. The summed E-state index contributed by atoms with van der Waals surface area (Å²) < 4.78 is 13.8. The standard InChI is InChI=1S/C8H15NO5/c1-8(14-4,6(10)12-2)5-9-7(11)13-3/h5H2,1-4H3,(H,9,11)/t8-/m0/s1. The van der Waals surface area contributed by atoms with Gasteiger partial charge in [0.2, 0.25) is 0 Å². The number of carbonyl (C=O) groups is 2. The minimum absolute atomic E-state index is 0.0111. The van der Waals surface area contributed by atoms with Gasteiger partial charge in [0.05, 0.1) is 20.8 Å². The molecule has 0 aliphatic rings. The van der Waals surface area contributed by atoms with Gasteiger partial charge in [-0.3, -0.25) is 0 Å². The van der Waals surface area contributed by atoms with Crippen molar-refractivity contribution < 1.29 is 23.8 Å². The summed E-state index contributed by atoms with van der Waals surface area (Å²) in [5.74, 6) is -0.559. The van der Waals surface area contributed by atoms with Crippen molar-refractivity contribution in [1.82, 2.24) is 5.32 Å². The molecule has 0 rings (SSSR count). The average molecular weight is 205 g/mol. The number of ether oxygens (including phenoxy) is 3. The van der Waals surface area contributed by atoms with E-state index in [0.29, 0.717) is 0 Å². The maximum Gasteiger partial charge on any atom is 0.406 e. The van der Waals surface area contributed by atoms with Crippen LogP contribution in [0.1, 0.15) is 6.92 Å². The van der Waals surface area contributed by atoms with Crippen molar-refractivity contribution in [2.45, 2.75) is 12.5 Å². The molecule has 82 valence electrons. The van der Waals surface area contributed by atoms with Crippen LogP contribution < -0.4 is 5.32 Å². The first-order chi connectivity index (χ1) is 6.50. The lowest BCUT2D eigenvalue weighted by Gasteiger charge is -2.24. The van der Waals surface area contributed by atoms with Crippen LogP contribution in [0.15, 0.2) is 0 Å². The highest BCUT2D eigenvalue weighted by atomic mass is 16.6. The van der Waals surface area contributed by atoms with Gasteiger partial charge in [0.1, 0.15) is 0 Å². The smallest absolute Gasteiger partial charge is 0.406 e. The van der Waals surface area contributed by atoms with Crippen LogP contribution in [0.3, 0.4) is 0 Å². The Balaban J connectivity index is 4.26. The fourth-order valence-electron chi connectivity index (χ4n) is 0.757. The predicted molar refractivity (Wildman–Crippen MR) is 47.8 cm³/mol. The molecule has 0 spiro atoms. The first-order valence-electron chi connectivity index (χ1n) is 3.95. The van der Waals surface area contributed by atoms with Crippen molar-refractivity contribution in [2.75, 3.05) is 27.9 Å². The average Bonchev–Trinajstić information content (AvgIpc) is 2.23. The van der Waals surface area contributed by atoms with Gasteiger partial charge in [0.25, 0.3) is 0 Å². The Morgan fingerprint density at radius 2 is 1.79 bits per heavy atom. The Labute approximate surface area is 82.5 Å². The Kier molecular flexibility index (Phi) is 4.93. The van der Waals surface area contributed by atoms with Crippen molar-refractivity contribution >= 4 is 12.1 Å². The van der Waals surface area contributed by atoms with Gasteiger partial charge in [-0.05, 0) is 6.92 Å². The number of alkyl carbamates (subject to hydrolysis) is 1. The molecule has 0 saturated heterocycles. The zero-order chi connectivity index (χ0) is 11.2. The topological polar surface area (TPSA) is 73.9 Å². The van der Waals surface area contributed by atoms with Crippen LogP contribution >= 0.6 is 0 Å². The Hall–Kier alpha value is -1.30. The van der Waals surface area contributed by atoms with E-state index in [-0.39, 0.29) is 6.54 Å². The molecule has 0 radical (unpaired) electrons. The Morgan fingerprint density at radius 3 is 2.14 bits per heavy atom. The monoisotopic (exact) mass is 205 g/mol. The molecule has 0 aliphatic heterocycles. The van der Waals surface area contributed by atoms with Gasteiger partial charge in [-0.15, -0.1) is 0 Å². The molecule has 0 saturated carbocycles. The molecule has 0 bridgehead atoms. The summed E-state index contributed by atoms with van der Waals surface area (Å²) in [7, 11) is 3.84. The van der Waals surface area contributed by atoms with Crippen molar-refractivity contribution in [1.29, 1.82) is 0 Å². The molecule has 6 nitrogen and oxygen atoms in total. The number of methoxy groups -OCH3 is 3. The molecule has 0 fully saturated rings. The lowest BCUT2D eigenvalue weighted by molar-refractivity contribution is -0.163. The third-order valence-corrected chi connectivity index (χ3v) is 1.82. The van der Waals surface area contributed by atoms with Crippen molar-refractivity contribution in [3.8, 4) is 0 Å². The Morgan fingerprint density at radius 1 is 1.21 bits per heavy atom. The summed E-state index contributed by atoms with van der Waals surface area (Å²) in [6, 6.07) is 0. The number of nitrogens with one attached hydrogen (secondary N) is 1. The summed E-state index contributed by atoms with van der Waals surface area (Å²) in [5.41, 5.74) is -1.19. The van der Waals surface area contributed by atoms with E-state index in [1.165, 1.54) is 28.3 Å². The molecule has 6 heteroatoms. The molecule has 0 aromatic rings. The molecule has 1 amide bonds. The van der Waals surface area contributed by atoms with Gasteiger partial charge < -0.3 is 19.5 Å². The van der Waals surface area contributed by atoms with Gasteiger partial charge in [-0.1, -0.05) is 0 Å². The summed E-state index contributed by atoms with van der Waals surface area (Å²) >= 11 is 0. The molecule has 0 aromatic carbocycles. The second kappa shape index (κ2) is 5.43. The van der Waals surface area contributed by atoms with E-state index in [0.717, 1.165) is 0 Å². The van der Waals surface area contributed by atoms with E-state index < -0.39 is 17.7 Å². The van der Waals surface area contributed by atoms with Crippen LogP contribution in [0, 0.1) is 0 Å². The first kappa shape index (κ1) is 12.7. The first-order valence-corrected chi connectivity index (χ1v) is 3.95. The highest BCUT2D eigenvalue weighted by Crippen LogP contribution is 2.09. The molecular formula is C8H15NO5. The van der Waals surface area contributed by atoms with E-state index in [9.17, 15) is 9.59 Å². The van der Waals surface area contributed by atoms with Crippen LogP contribution in [0.25, 0.3) is 0 Å². The van der Waals surface area contributed by atoms with Crippen molar-refractivity contribution in [3.63, 3.8) is 0 Å². The van der Waals surface area contributed by atoms with Crippen LogP contribution in [-0.4, -0.2) is 45.5 Å². The van der Waals surface area contributed by atoms with E-state index in [1.807, 2.05) is 0 Å². The maximum absolute atomic E-state index is 11.2. The van der Waals surface area contributed by atoms with Crippen molar-refractivity contribution in [3.05, 3.63) is 0 Å². The SMILES string of the molecule is COC(=O)NC[C@](C)(OC)C(=O)OC. The van der Waals surface area contributed by atoms with Crippen molar-refractivity contribution in [2.24, 2.45) is 0 Å². The number of carbonyl (C=O) groups excluding carboxylic acids is 2. The van der Waals surface area contributed by atoms with Gasteiger partial charge >= 0.3 is 12.1 Å². The minimum Gasteiger partial charge on any atom is -0.467 e. The molecule has 14 heavy (non-hydrogen) atoms. The summed E-state index contributed by atoms with van der Waals surface area (Å²) in [4.78, 5) is 22.0. The highest BCUT2D eigenvalue weighted by molar-refractivity contribution is 5.80. The lowest BCUT2D eigenvalue weighted by atomic mass is 10.1.